The standard InChI is InChI=1S/C14H16N2O3S/c1-9-6-11-7-10(2-3-13(11)15-9)14(17)16-12-4-5-20(18,19)8-12/h2-3,6-7,12,15H,4-5,8H2,1H3,(H,16,17). The third-order valence-corrected chi connectivity index (χ3v) is 5.35. The van der Waals surface area contributed by atoms with Gasteiger partial charge in [0.15, 0.2) is 9.84 Å². The molecule has 1 saturated heterocycles. The average Bonchev–Trinajstić information content (AvgIpc) is 2.89. The molecule has 0 aliphatic carbocycles. The summed E-state index contributed by atoms with van der Waals surface area (Å²) >= 11 is 0. The summed E-state index contributed by atoms with van der Waals surface area (Å²) in [5, 5.41) is 3.77. The van der Waals surface area contributed by atoms with E-state index in [-0.39, 0.29) is 23.5 Å². The third-order valence-electron chi connectivity index (χ3n) is 3.59. The highest BCUT2D eigenvalue weighted by Crippen LogP contribution is 2.18. The van der Waals surface area contributed by atoms with Gasteiger partial charge in [-0.3, -0.25) is 4.79 Å². The Balaban J connectivity index is 1.78. The van der Waals surface area contributed by atoms with Gasteiger partial charge < -0.3 is 10.3 Å². The first-order chi connectivity index (χ1) is 9.43. The van der Waals surface area contributed by atoms with E-state index in [9.17, 15) is 13.2 Å². The molecule has 2 aromatic rings. The lowest BCUT2D eigenvalue weighted by atomic mass is 10.1. The van der Waals surface area contributed by atoms with E-state index in [0.29, 0.717) is 12.0 Å². The molecular weight excluding hydrogens is 276 g/mol. The highest BCUT2D eigenvalue weighted by molar-refractivity contribution is 7.91. The smallest absolute Gasteiger partial charge is 0.251 e. The van der Waals surface area contributed by atoms with Crippen molar-refractivity contribution in [1.29, 1.82) is 0 Å². The minimum absolute atomic E-state index is 0.0459. The van der Waals surface area contributed by atoms with Crippen molar-refractivity contribution in [3.8, 4) is 0 Å². The van der Waals surface area contributed by atoms with E-state index in [1.54, 1.807) is 6.07 Å². The van der Waals surface area contributed by atoms with Gasteiger partial charge in [-0.2, -0.15) is 0 Å². The summed E-state index contributed by atoms with van der Waals surface area (Å²) in [4.78, 5) is 15.3. The van der Waals surface area contributed by atoms with Crippen molar-refractivity contribution in [1.82, 2.24) is 10.3 Å². The number of H-pyrrole nitrogens is 1. The molecule has 6 heteroatoms. The van der Waals surface area contributed by atoms with Crippen molar-refractivity contribution in [2.45, 2.75) is 19.4 Å². The number of amides is 1. The molecule has 1 atom stereocenters. The number of carbonyl (C=O) groups is 1. The van der Waals surface area contributed by atoms with Crippen LogP contribution < -0.4 is 5.32 Å². The van der Waals surface area contributed by atoms with Gasteiger partial charge >= 0.3 is 0 Å². The molecule has 1 amide bonds. The lowest BCUT2D eigenvalue weighted by Gasteiger charge is -2.10. The summed E-state index contributed by atoms with van der Waals surface area (Å²) in [7, 11) is -2.97. The van der Waals surface area contributed by atoms with E-state index < -0.39 is 9.84 Å². The number of hydrogen-bond donors (Lipinski definition) is 2. The number of rotatable bonds is 2. The number of aryl methyl sites for hydroxylation is 1. The van der Waals surface area contributed by atoms with Gasteiger partial charge in [0.2, 0.25) is 0 Å². The van der Waals surface area contributed by atoms with Gasteiger partial charge in [0, 0.05) is 28.2 Å². The normalized spacial score (nSPS) is 21.1. The van der Waals surface area contributed by atoms with Gasteiger partial charge in [0.05, 0.1) is 11.5 Å². The van der Waals surface area contributed by atoms with Crippen LogP contribution in [0.2, 0.25) is 0 Å². The first kappa shape index (κ1) is 13.2. The Hall–Kier alpha value is -1.82. The molecule has 2 heterocycles. The molecule has 0 bridgehead atoms. The summed E-state index contributed by atoms with van der Waals surface area (Å²) in [6.45, 7) is 1.96. The molecular formula is C14H16N2O3S. The maximum absolute atomic E-state index is 12.1. The number of benzene rings is 1. The Kier molecular flexibility index (Phi) is 3.05. The minimum atomic E-state index is -2.97. The maximum Gasteiger partial charge on any atom is 0.251 e. The van der Waals surface area contributed by atoms with E-state index in [2.05, 4.69) is 10.3 Å². The maximum atomic E-state index is 12.1. The zero-order valence-electron chi connectivity index (χ0n) is 11.1. The molecule has 1 aromatic carbocycles. The van der Waals surface area contributed by atoms with Crippen molar-refractivity contribution in [2.24, 2.45) is 0 Å². The van der Waals surface area contributed by atoms with Crippen molar-refractivity contribution in [2.75, 3.05) is 11.5 Å². The minimum Gasteiger partial charge on any atom is -0.359 e. The van der Waals surface area contributed by atoms with Crippen molar-refractivity contribution in [3.05, 3.63) is 35.5 Å². The lowest BCUT2D eigenvalue weighted by molar-refractivity contribution is 0.0941. The van der Waals surface area contributed by atoms with Crippen LogP contribution in [0.25, 0.3) is 10.9 Å². The fourth-order valence-electron chi connectivity index (χ4n) is 2.60. The Morgan fingerprint density at radius 2 is 2.15 bits per heavy atom. The predicted molar refractivity (Wildman–Crippen MR) is 77.6 cm³/mol. The Labute approximate surface area is 117 Å². The fourth-order valence-corrected chi connectivity index (χ4v) is 4.27. The van der Waals surface area contributed by atoms with Crippen LogP contribution in [0, 0.1) is 6.92 Å². The van der Waals surface area contributed by atoms with Crippen LogP contribution in [0.5, 0.6) is 0 Å². The molecule has 2 N–H and O–H groups in total. The molecule has 5 nitrogen and oxygen atoms in total. The van der Waals surface area contributed by atoms with Gasteiger partial charge in [-0.15, -0.1) is 0 Å². The van der Waals surface area contributed by atoms with Crippen LogP contribution in [0.15, 0.2) is 24.3 Å². The van der Waals surface area contributed by atoms with Gasteiger partial charge in [-0.25, -0.2) is 8.42 Å². The second-order valence-corrected chi connectivity index (χ2v) is 7.56. The van der Waals surface area contributed by atoms with Crippen molar-refractivity contribution in [3.63, 3.8) is 0 Å². The Morgan fingerprint density at radius 3 is 2.85 bits per heavy atom. The monoisotopic (exact) mass is 292 g/mol. The number of nitrogens with one attached hydrogen (secondary N) is 2. The molecule has 1 aromatic heterocycles. The molecule has 1 aliphatic rings. The van der Waals surface area contributed by atoms with Gasteiger partial charge in [-0.05, 0) is 37.6 Å². The second kappa shape index (κ2) is 4.63. The fraction of sp³-hybridized carbons (Fsp3) is 0.357. The molecule has 0 spiro atoms. The van der Waals surface area contributed by atoms with E-state index in [0.717, 1.165) is 16.6 Å². The summed E-state index contributed by atoms with van der Waals surface area (Å²) in [5.74, 6) is -0.00837. The molecule has 20 heavy (non-hydrogen) atoms. The quantitative estimate of drug-likeness (QED) is 0.878. The molecule has 1 unspecified atom stereocenters. The molecule has 0 saturated carbocycles. The summed E-state index contributed by atoms with van der Waals surface area (Å²) in [6, 6.07) is 7.14. The Bertz CT molecular complexity index is 777. The average molecular weight is 292 g/mol. The zero-order valence-corrected chi connectivity index (χ0v) is 12.0. The second-order valence-electron chi connectivity index (χ2n) is 5.33. The van der Waals surface area contributed by atoms with Gasteiger partial charge in [-0.1, -0.05) is 0 Å². The number of carbonyl (C=O) groups excluding carboxylic acids is 1. The van der Waals surface area contributed by atoms with Crippen LogP contribution in [0.1, 0.15) is 22.5 Å². The van der Waals surface area contributed by atoms with E-state index >= 15 is 0 Å². The molecule has 1 fully saturated rings. The highest BCUT2D eigenvalue weighted by Gasteiger charge is 2.29. The van der Waals surface area contributed by atoms with E-state index in [4.69, 9.17) is 0 Å². The number of aromatic amines is 1. The lowest BCUT2D eigenvalue weighted by Crippen LogP contribution is -2.35. The largest absolute Gasteiger partial charge is 0.359 e. The van der Waals surface area contributed by atoms with E-state index in [1.807, 2.05) is 25.1 Å². The number of aromatic nitrogens is 1. The summed E-state index contributed by atoms with van der Waals surface area (Å²) in [5.41, 5.74) is 2.59. The molecule has 0 radical (unpaired) electrons. The molecule has 106 valence electrons. The topological polar surface area (TPSA) is 79.0 Å². The summed E-state index contributed by atoms with van der Waals surface area (Å²) < 4.78 is 22.8. The first-order valence-corrected chi connectivity index (χ1v) is 8.36. The summed E-state index contributed by atoms with van der Waals surface area (Å²) in [6.07, 6.45) is 0.500. The van der Waals surface area contributed by atoms with Gasteiger partial charge in [0.25, 0.3) is 5.91 Å². The van der Waals surface area contributed by atoms with Gasteiger partial charge in [0.1, 0.15) is 0 Å². The van der Waals surface area contributed by atoms with Crippen LogP contribution in [-0.2, 0) is 9.84 Å². The van der Waals surface area contributed by atoms with Crippen LogP contribution in [0.4, 0.5) is 0 Å². The number of hydrogen-bond acceptors (Lipinski definition) is 3. The third kappa shape index (κ3) is 2.56. The molecule has 3 rings (SSSR count). The van der Waals surface area contributed by atoms with Crippen LogP contribution in [-0.4, -0.2) is 36.9 Å². The van der Waals surface area contributed by atoms with Crippen molar-refractivity contribution < 1.29 is 13.2 Å². The number of sulfone groups is 1. The number of fused-ring (bicyclic) bond motifs is 1. The van der Waals surface area contributed by atoms with Crippen molar-refractivity contribution >= 4 is 26.6 Å². The zero-order chi connectivity index (χ0) is 14.3. The highest BCUT2D eigenvalue weighted by atomic mass is 32.2. The van der Waals surface area contributed by atoms with Crippen LogP contribution >= 0.6 is 0 Å². The predicted octanol–water partition coefficient (Wildman–Crippen LogP) is 1.39. The SMILES string of the molecule is Cc1cc2cc(C(=O)NC3CCS(=O)(=O)C3)ccc2[nH]1. The Morgan fingerprint density at radius 1 is 1.35 bits per heavy atom. The molecule has 1 aliphatic heterocycles. The first-order valence-electron chi connectivity index (χ1n) is 6.54. The van der Waals surface area contributed by atoms with E-state index in [1.165, 1.54) is 0 Å². The van der Waals surface area contributed by atoms with Crippen LogP contribution in [0.3, 0.4) is 0 Å².